The van der Waals surface area contributed by atoms with E-state index in [1.165, 1.54) is 0 Å². The van der Waals surface area contributed by atoms with Crippen LogP contribution in [0.25, 0.3) is 0 Å². The lowest BCUT2D eigenvalue weighted by molar-refractivity contribution is -0.148. The summed E-state index contributed by atoms with van der Waals surface area (Å²) < 4.78 is 10.4. The van der Waals surface area contributed by atoms with Gasteiger partial charge in [0, 0.05) is 11.6 Å². The van der Waals surface area contributed by atoms with E-state index in [0.29, 0.717) is 29.9 Å². The number of nitrogens with one attached hydrogen (secondary N) is 1. The van der Waals surface area contributed by atoms with Crippen LogP contribution in [0.1, 0.15) is 36.5 Å². The van der Waals surface area contributed by atoms with E-state index in [4.69, 9.17) is 9.47 Å². The fourth-order valence-electron chi connectivity index (χ4n) is 2.93. The van der Waals surface area contributed by atoms with Crippen LogP contribution in [0, 0.1) is 5.41 Å². The second-order valence-electron chi connectivity index (χ2n) is 5.71. The highest BCUT2D eigenvalue weighted by Crippen LogP contribution is 2.38. The number of ether oxygens (including phenoxy) is 2. The van der Waals surface area contributed by atoms with Gasteiger partial charge in [-0.1, -0.05) is 6.42 Å². The fraction of sp³-hybridized carbons (Fsp3) is 0.467. The zero-order chi connectivity index (χ0) is 15.0. The van der Waals surface area contributed by atoms with Crippen LogP contribution in [0.4, 0.5) is 0 Å². The quantitative estimate of drug-likeness (QED) is 0.887. The van der Waals surface area contributed by atoms with Crippen molar-refractivity contribution in [1.82, 2.24) is 5.32 Å². The van der Waals surface area contributed by atoms with Gasteiger partial charge in [0.15, 0.2) is 11.5 Å². The predicted octanol–water partition coefficient (Wildman–Crippen LogP) is 1.79. The van der Waals surface area contributed by atoms with Gasteiger partial charge in [0.05, 0.1) is 5.41 Å². The number of hydrogen-bond acceptors (Lipinski definition) is 4. The van der Waals surface area contributed by atoms with Gasteiger partial charge >= 0.3 is 5.97 Å². The third-order valence-corrected chi connectivity index (χ3v) is 4.39. The molecule has 6 heteroatoms. The number of aliphatic carboxylic acids is 1. The van der Waals surface area contributed by atoms with E-state index in [2.05, 4.69) is 5.32 Å². The number of rotatable bonds is 3. The summed E-state index contributed by atoms with van der Waals surface area (Å²) in [6.07, 6.45) is 2.06. The van der Waals surface area contributed by atoms with Crippen LogP contribution < -0.4 is 14.8 Å². The second-order valence-corrected chi connectivity index (χ2v) is 5.71. The lowest BCUT2D eigenvalue weighted by Crippen LogP contribution is -2.47. The van der Waals surface area contributed by atoms with Gasteiger partial charge in [-0.2, -0.15) is 0 Å². The maximum absolute atomic E-state index is 12.3. The molecule has 1 aromatic rings. The van der Waals surface area contributed by atoms with Crippen molar-refractivity contribution in [3.8, 4) is 11.5 Å². The fourth-order valence-corrected chi connectivity index (χ4v) is 2.93. The van der Waals surface area contributed by atoms with Gasteiger partial charge < -0.3 is 19.9 Å². The zero-order valence-electron chi connectivity index (χ0n) is 11.7. The molecule has 0 bridgehead atoms. The maximum atomic E-state index is 12.3. The molecule has 2 aliphatic rings. The Morgan fingerprint density at radius 3 is 2.86 bits per heavy atom. The van der Waals surface area contributed by atoms with Gasteiger partial charge in [0.25, 0.3) is 5.91 Å². The number of benzene rings is 1. The first-order chi connectivity index (χ1) is 10.0. The highest BCUT2D eigenvalue weighted by molar-refractivity contribution is 5.95. The standard InChI is InChI=1S/C15H17NO5/c1-15(14(18)19)6-2-3-12(15)16-13(17)9-4-5-10-11(7-9)21-8-20-10/h4-5,7,12H,2-3,6,8H2,1H3,(H,16,17)(H,18,19). The number of carboxylic acids is 1. The highest BCUT2D eigenvalue weighted by atomic mass is 16.7. The molecule has 1 fully saturated rings. The highest BCUT2D eigenvalue weighted by Gasteiger charge is 2.46. The van der Waals surface area contributed by atoms with Gasteiger partial charge in [-0.25, -0.2) is 0 Å². The molecule has 0 saturated heterocycles. The molecule has 1 aliphatic heterocycles. The van der Waals surface area contributed by atoms with Crippen LogP contribution in [0.3, 0.4) is 0 Å². The van der Waals surface area contributed by atoms with Crippen LogP contribution in [0.15, 0.2) is 18.2 Å². The Hall–Kier alpha value is -2.24. The van der Waals surface area contributed by atoms with E-state index in [-0.39, 0.29) is 18.7 Å². The Balaban J connectivity index is 1.76. The lowest BCUT2D eigenvalue weighted by Gasteiger charge is -2.27. The molecule has 1 saturated carbocycles. The molecule has 1 aliphatic carbocycles. The van der Waals surface area contributed by atoms with E-state index < -0.39 is 11.4 Å². The van der Waals surface area contributed by atoms with Gasteiger partial charge in [0.2, 0.25) is 6.79 Å². The third-order valence-electron chi connectivity index (χ3n) is 4.39. The number of fused-ring (bicyclic) bond motifs is 1. The van der Waals surface area contributed by atoms with Crippen molar-refractivity contribution in [3.05, 3.63) is 23.8 Å². The predicted molar refractivity (Wildman–Crippen MR) is 73.4 cm³/mol. The normalized spacial score (nSPS) is 26.6. The molecule has 21 heavy (non-hydrogen) atoms. The topological polar surface area (TPSA) is 84.9 Å². The van der Waals surface area contributed by atoms with E-state index in [1.54, 1.807) is 25.1 Å². The van der Waals surface area contributed by atoms with Gasteiger partial charge in [0.1, 0.15) is 0 Å². The van der Waals surface area contributed by atoms with Gasteiger partial charge in [-0.15, -0.1) is 0 Å². The molecule has 0 spiro atoms. The minimum Gasteiger partial charge on any atom is -0.481 e. The first-order valence-corrected chi connectivity index (χ1v) is 6.94. The van der Waals surface area contributed by atoms with Crippen molar-refractivity contribution >= 4 is 11.9 Å². The van der Waals surface area contributed by atoms with Crippen LogP contribution in [0.2, 0.25) is 0 Å². The molecule has 2 N–H and O–H groups in total. The zero-order valence-corrected chi connectivity index (χ0v) is 11.7. The largest absolute Gasteiger partial charge is 0.481 e. The van der Waals surface area contributed by atoms with Gasteiger partial charge in [-0.05, 0) is 38.0 Å². The van der Waals surface area contributed by atoms with Crippen molar-refractivity contribution in [3.63, 3.8) is 0 Å². The minimum atomic E-state index is -0.897. The first-order valence-electron chi connectivity index (χ1n) is 6.94. The molecule has 1 heterocycles. The van der Waals surface area contributed by atoms with Crippen LogP contribution in [0.5, 0.6) is 11.5 Å². The average Bonchev–Trinajstić information content (AvgIpc) is 3.06. The Morgan fingerprint density at radius 1 is 1.33 bits per heavy atom. The molecule has 3 rings (SSSR count). The van der Waals surface area contributed by atoms with Crippen molar-refractivity contribution in [1.29, 1.82) is 0 Å². The molecule has 6 nitrogen and oxygen atoms in total. The lowest BCUT2D eigenvalue weighted by atomic mass is 9.85. The minimum absolute atomic E-state index is 0.153. The summed E-state index contributed by atoms with van der Waals surface area (Å²) >= 11 is 0. The Morgan fingerprint density at radius 2 is 2.10 bits per heavy atom. The summed E-state index contributed by atoms with van der Waals surface area (Å²) in [5.41, 5.74) is -0.453. The molecule has 0 radical (unpaired) electrons. The smallest absolute Gasteiger partial charge is 0.311 e. The van der Waals surface area contributed by atoms with Gasteiger partial charge in [-0.3, -0.25) is 9.59 Å². The van der Waals surface area contributed by atoms with Crippen LogP contribution in [-0.2, 0) is 4.79 Å². The van der Waals surface area contributed by atoms with Crippen molar-refractivity contribution in [2.75, 3.05) is 6.79 Å². The van der Waals surface area contributed by atoms with E-state index >= 15 is 0 Å². The molecular weight excluding hydrogens is 274 g/mol. The number of carbonyl (C=O) groups is 2. The maximum Gasteiger partial charge on any atom is 0.311 e. The monoisotopic (exact) mass is 291 g/mol. The Bertz CT molecular complexity index is 600. The van der Waals surface area contributed by atoms with E-state index in [0.717, 1.165) is 6.42 Å². The molecule has 1 aromatic carbocycles. The number of amides is 1. The van der Waals surface area contributed by atoms with E-state index in [1.807, 2.05) is 0 Å². The molecule has 0 aromatic heterocycles. The molecule has 1 amide bonds. The SMILES string of the molecule is CC1(C(=O)O)CCCC1NC(=O)c1ccc2c(c1)OCO2. The summed E-state index contributed by atoms with van der Waals surface area (Å²) in [6.45, 7) is 1.84. The Kier molecular flexibility index (Phi) is 3.23. The molecular formula is C15H17NO5. The number of carboxylic acid groups (broad SMARTS) is 1. The summed E-state index contributed by atoms with van der Waals surface area (Å²) in [5, 5.41) is 12.2. The average molecular weight is 291 g/mol. The first kappa shape index (κ1) is 13.7. The number of carbonyl (C=O) groups excluding carboxylic acids is 1. The van der Waals surface area contributed by atoms with Crippen molar-refractivity contribution in [2.24, 2.45) is 5.41 Å². The van der Waals surface area contributed by atoms with Crippen molar-refractivity contribution < 1.29 is 24.2 Å². The molecule has 112 valence electrons. The van der Waals surface area contributed by atoms with E-state index in [9.17, 15) is 14.7 Å². The summed E-state index contributed by atoms with van der Waals surface area (Å²) in [7, 11) is 0. The molecule has 2 atom stereocenters. The number of hydrogen-bond donors (Lipinski definition) is 2. The summed E-state index contributed by atoms with van der Waals surface area (Å²) in [4.78, 5) is 23.7. The second kappa shape index (κ2) is 4.95. The molecule has 2 unspecified atom stereocenters. The van der Waals surface area contributed by atoms with Crippen LogP contribution in [-0.4, -0.2) is 29.8 Å². The van der Waals surface area contributed by atoms with Crippen LogP contribution >= 0.6 is 0 Å². The summed E-state index contributed by atoms with van der Waals surface area (Å²) in [6, 6.07) is 4.59. The van der Waals surface area contributed by atoms with Crippen molar-refractivity contribution in [2.45, 2.75) is 32.2 Å². The summed E-state index contributed by atoms with van der Waals surface area (Å²) in [5.74, 6) is 0.00141. The Labute approximate surface area is 122 Å². The third kappa shape index (κ3) is 2.30.